The van der Waals surface area contributed by atoms with Gasteiger partial charge in [0.2, 0.25) is 0 Å². The summed E-state index contributed by atoms with van der Waals surface area (Å²) in [5.41, 5.74) is 4.89. The number of hydrogen-bond acceptors (Lipinski definition) is 3. The molecule has 136 valence electrons. The molecular weight excluding hydrogens is 352 g/mol. The van der Waals surface area contributed by atoms with Gasteiger partial charge in [0.15, 0.2) is 0 Å². The standard InChI is InChI=1S/C23H22N2OS/c26-23(19-9-7-18(8-10-19)22-6-3-13-27-22)25-15-21(16-25)24-12-11-17-4-1-2-5-20(17)14-24/h1-10,13,21H,11-12,14-16H2. The van der Waals surface area contributed by atoms with Crippen LogP contribution < -0.4 is 0 Å². The zero-order valence-corrected chi connectivity index (χ0v) is 16.0. The summed E-state index contributed by atoms with van der Waals surface area (Å²) in [7, 11) is 0. The Morgan fingerprint density at radius 2 is 1.70 bits per heavy atom. The van der Waals surface area contributed by atoms with E-state index < -0.39 is 0 Å². The lowest BCUT2D eigenvalue weighted by Crippen LogP contribution is -2.61. The van der Waals surface area contributed by atoms with Crippen molar-refractivity contribution in [1.29, 1.82) is 0 Å². The predicted octanol–water partition coefficient (Wildman–Crippen LogP) is 4.30. The summed E-state index contributed by atoms with van der Waals surface area (Å²) in [4.78, 5) is 18.5. The van der Waals surface area contributed by atoms with Crippen LogP contribution >= 0.6 is 11.3 Å². The third-order valence-electron chi connectivity index (χ3n) is 5.76. The second-order valence-electron chi connectivity index (χ2n) is 7.41. The zero-order valence-electron chi connectivity index (χ0n) is 15.2. The summed E-state index contributed by atoms with van der Waals surface area (Å²) in [6, 6.07) is 21.4. The van der Waals surface area contributed by atoms with E-state index in [1.54, 1.807) is 11.3 Å². The molecule has 0 aliphatic carbocycles. The van der Waals surface area contributed by atoms with E-state index >= 15 is 0 Å². The van der Waals surface area contributed by atoms with Crippen LogP contribution in [0.15, 0.2) is 66.0 Å². The van der Waals surface area contributed by atoms with E-state index in [0.717, 1.165) is 38.2 Å². The Hall–Kier alpha value is -2.43. The smallest absolute Gasteiger partial charge is 0.253 e. The molecule has 1 fully saturated rings. The summed E-state index contributed by atoms with van der Waals surface area (Å²) < 4.78 is 0. The molecule has 2 aliphatic heterocycles. The lowest BCUT2D eigenvalue weighted by Gasteiger charge is -2.47. The minimum Gasteiger partial charge on any atom is -0.335 e. The number of fused-ring (bicyclic) bond motifs is 1. The molecule has 2 aromatic carbocycles. The topological polar surface area (TPSA) is 23.6 Å². The summed E-state index contributed by atoms with van der Waals surface area (Å²) in [5.74, 6) is 0.154. The maximum Gasteiger partial charge on any atom is 0.253 e. The number of carbonyl (C=O) groups is 1. The SMILES string of the molecule is O=C(c1ccc(-c2cccs2)cc1)N1CC(N2CCc3ccccc3C2)C1. The molecule has 27 heavy (non-hydrogen) atoms. The van der Waals surface area contributed by atoms with Gasteiger partial charge in [0.25, 0.3) is 5.91 Å². The van der Waals surface area contributed by atoms with Crippen LogP contribution in [0, 0.1) is 0 Å². The molecule has 3 heterocycles. The van der Waals surface area contributed by atoms with Gasteiger partial charge in [0.1, 0.15) is 0 Å². The lowest BCUT2D eigenvalue weighted by atomic mass is 9.96. The molecule has 3 aromatic rings. The molecule has 0 N–H and O–H groups in total. The zero-order chi connectivity index (χ0) is 18.2. The van der Waals surface area contributed by atoms with Gasteiger partial charge < -0.3 is 4.90 Å². The van der Waals surface area contributed by atoms with Gasteiger partial charge in [0.05, 0.1) is 0 Å². The molecule has 1 saturated heterocycles. The Balaban J connectivity index is 1.20. The molecular formula is C23H22N2OS. The van der Waals surface area contributed by atoms with E-state index in [4.69, 9.17) is 0 Å². The molecule has 0 spiro atoms. The fraction of sp³-hybridized carbons (Fsp3) is 0.261. The number of benzene rings is 2. The van der Waals surface area contributed by atoms with Crippen molar-refractivity contribution >= 4 is 17.2 Å². The minimum absolute atomic E-state index is 0.154. The highest BCUT2D eigenvalue weighted by atomic mass is 32.1. The van der Waals surface area contributed by atoms with E-state index in [9.17, 15) is 4.79 Å². The van der Waals surface area contributed by atoms with Gasteiger partial charge in [-0.3, -0.25) is 9.69 Å². The number of rotatable bonds is 3. The van der Waals surface area contributed by atoms with Crippen LogP contribution in [-0.4, -0.2) is 41.4 Å². The van der Waals surface area contributed by atoms with Crippen molar-refractivity contribution in [3.8, 4) is 10.4 Å². The Bertz CT molecular complexity index is 943. The molecule has 3 nitrogen and oxygen atoms in total. The van der Waals surface area contributed by atoms with Crippen molar-refractivity contribution in [2.45, 2.75) is 19.0 Å². The predicted molar refractivity (Wildman–Crippen MR) is 110 cm³/mol. The second kappa shape index (κ2) is 6.95. The number of carbonyl (C=O) groups excluding carboxylic acids is 1. The Kier molecular flexibility index (Phi) is 4.30. The van der Waals surface area contributed by atoms with Crippen molar-refractivity contribution in [3.63, 3.8) is 0 Å². The number of nitrogens with zero attached hydrogens (tertiary/aromatic N) is 2. The van der Waals surface area contributed by atoms with Gasteiger partial charge in [-0.05, 0) is 46.7 Å². The van der Waals surface area contributed by atoms with E-state index in [0.29, 0.717) is 6.04 Å². The molecule has 5 rings (SSSR count). The number of likely N-dealkylation sites (tertiary alicyclic amines) is 1. The van der Waals surface area contributed by atoms with Gasteiger partial charge >= 0.3 is 0 Å². The van der Waals surface area contributed by atoms with Crippen molar-refractivity contribution in [3.05, 3.63) is 82.7 Å². The first-order valence-electron chi connectivity index (χ1n) is 9.52. The molecule has 0 atom stereocenters. The molecule has 4 heteroatoms. The van der Waals surface area contributed by atoms with Gasteiger partial charge in [-0.25, -0.2) is 0 Å². The quantitative estimate of drug-likeness (QED) is 0.682. The monoisotopic (exact) mass is 374 g/mol. The molecule has 1 amide bonds. The van der Waals surface area contributed by atoms with Crippen molar-refractivity contribution < 1.29 is 4.79 Å². The third kappa shape index (κ3) is 3.20. The van der Waals surface area contributed by atoms with Crippen molar-refractivity contribution in [1.82, 2.24) is 9.80 Å². The number of hydrogen-bond donors (Lipinski definition) is 0. The van der Waals surface area contributed by atoms with Crippen LogP contribution in [0.2, 0.25) is 0 Å². The first-order valence-corrected chi connectivity index (χ1v) is 10.4. The van der Waals surface area contributed by atoms with Crippen LogP contribution in [0.1, 0.15) is 21.5 Å². The van der Waals surface area contributed by atoms with Gasteiger partial charge in [-0.15, -0.1) is 11.3 Å². The minimum atomic E-state index is 0.154. The average Bonchev–Trinajstić information content (AvgIpc) is 3.21. The number of thiophene rings is 1. The van der Waals surface area contributed by atoms with Crippen LogP contribution in [-0.2, 0) is 13.0 Å². The maximum atomic E-state index is 12.8. The van der Waals surface area contributed by atoms with Crippen LogP contribution in [0.25, 0.3) is 10.4 Å². The molecule has 0 radical (unpaired) electrons. The largest absolute Gasteiger partial charge is 0.335 e. The van der Waals surface area contributed by atoms with Crippen LogP contribution in [0.3, 0.4) is 0 Å². The summed E-state index contributed by atoms with van der Waals surface area (Å²) >= 11 is 1.72. The Morgan fingerprint density at radius 1 is 0.926 bits per heavy atom. The van der Waals surface area contributed by atoms with Gasteiger partial charge in [0, 0.05) is 42.7 Å². The van der Waals surface area contributed by atoms with Crippen LogP contribution in [0.4, 0.5) is 0 Å². The fourth-order valence-corrected chi connectivity index (χ4v) is 4.82. The highest BCUT2D eigenvalue weighted by molar-refractivity contribution is 7.13. The molecule has 0 unspecified atom stereocenters. The molecule has 2 aliphatic rings. The second-order valence-corrected chi connectivity index (χ2v) is 8.36. The van der Waals surface area contributed by atoms with E-state index in [-0.39, 0.29) is 5.91 Å². The van der Waals surface area contributed by atoms with Crippen molar-refractivity contribution in [2.75, 3.05) is 19.6 Å². The first-order chi connectivity index (χ1) is 13.3. The van der Waals surface area contributed by atoms with E-state index in [1.807, 2.05) is 17.0 Å². The fourth-order valence-electron chi connectivity index (χ4n) is 4.08. The molecule has 1 aromatic heterocycles. The highest BCUT2D eigenvalue weighted by Crippen LogP contribution is 2.27. The molecule has 0 bridgehead atoms. The lowest BCUT2D eigenvalue weighted by molar-refractivity contribution is 0.0218. The Morgan fingerprint density at radius 3 is 2.44 bits per heavy atom. The van der Waals surface area contributed by atoms with Gasteiger partial charge in [-0.2, -0.15) is 0 Å². The van der Waals surface area contributed by atoms with Crippen molar-refractivity contribution in [2.24, 2.45) is 0 Å². The third-order valence-corrected chi connectivity index (χ3v) is 6.68. The summed E-state index contributed by atoms with van der Waals surface area (Å²) in [6.07, 6.45) is 1.12. The highest BCUT2D eigenvalue weighted by Gasteiger charge is 2.36. The van der Waals surface area contributed by atoms with Crippen LogP contribution in [0.5, 0.6) is 0 Å². The summed E-state index contributed by atoms with van der Waals surface area (Å²) in [5, 5.41) is 2.08. The Labute approximate surface area is 163 Å². The first kappa shape index (κ1) is 16.7. The van der Waals surface area contributed by atoms with E-state index in [1.165, 1.54) is 21.6 Å². The van der Waals surface area contributed by atoms with E-state index in [2.05, 4.69) is 58.8 Å². The maximum absolute atomic E-state index is 12.8. The number of amides is 1. The summed E-state index contributed by atoms with van der Waals surface area (Å²) in [6.45, 7) is 3.79. The average molecular weight is 375 g/mol. The normalized spacial score (nSPS) is 17.4. The van der Waals surface area contributed by atoms with Gasteiger partial charge in [-0.1, -0.05) is 42.5 Å². The molecule has 0 saturated carbocycles.